The molecule has 0 saturated heterocycles. The van der Waals surface area contributed by atoms with E-state index in [1.54, 1.807) is 0 Å². The second-order valence-corrected chi connectivity index (χ2v) is 25.0. The maximum atomic E-state index is 6.70. The molecule has 16 rings (SSSR count). The molecular formula is C76H60BN3O2. The van der Waals surface area contributed by atoms with Crippen LogP contribution in [0.1, 0.15) is 63.8 Å². The molecule has 0 amide bonds. The van der Waals surface area contributed by atoms with Crippen LogP contribution in [0.2, 0.25) is 0 Å². The number of nitrogens with zero attached hydrogens (tertiary/aromatic N) is 3. The summed E-state index contributed by atoms with van der Waals surface area (Å²) in [4.78, 5) is 5.23. The van der Waals surface area contributed by atoms with E-state index in [0.717, 1.165) is 77.5 Å². The van der Waals surface area contributed by atoms with E-state index < -0.39 is 0 Å². The van der Waals surface area contributed by atoms with E-state index in [4.69, 9.17) is 8.83 Å². The highest BCUT2D eigenvalue weighted by atomic mass is 16.3. The number of fused-ring (bicyclic) bond motifs is 13. The molecule has 82 heavy (non-hydrogen) atoms. The third kappa shape index (κ3) is 7.13. The van der Waals surface area contributed by atoms with Crippen LogP contribution in [0.15, 0.2) is 227 Å². The fourth-order valence-corrected chi connectivity index (χ4v) is 13.9. The number of aryl methyl sites for hydroxylation is 2. The standard InChI is InChI=1S/C76H60BN3O2/c1-45-38-48(54-26-19-28-59-57-24-14-17-31-70(57)82-74(54)59)39-46(2)72(45)80-66-44-64-60(55-22-12-15-29-63(55)78(64)51-20-10-9-11-21-51)43-62(66)77-61-37-34-49(75(3,4)5)40-65(61)79(67-41-50(76(6,7)8)42-68(80)71(67)77)52-35-32-47(33-36-52)53-25-18-27-58-56-23-13-16-30-69(56)81-73(53)58/h9-44H,1-8H3. The Hall–Kier alpha value is -9.52. The van der Waals surface area contributed by atoms with Crippen molar-refractivity contribution >= 4 is 123 Å². The zero-order valence-electron chi connectivity index (χ0n) is 47.5. The first kappa shape index (κ1) is 48.4. The molecule has 0 N–H and O–H groups in total. The van der Waals surface area contributed by atoms with Gasteiger partial charge in [0.2, 0.25) is 0 Å². The van der Waals surface area contributed by atoms with E-state index in [-0.39, 0.29) is 17.5 Å². The quantitative estimate of drug-likeness (QED) is 0.161. The SMILES string of the molecule is Cc1cc(-c2cccc3c2oc2ccccc23)cc(C)c1N1c2cc3c(cc2B2c4ccc(C(C)(C)C)cc4N(c4ccc(-c5cccc6c5oc5ccccc56)cc4)c4cc(C(C)(C)C)cc1c42)c1ccccc1n3-c1ccccc1. The molecule has 2 aliphatic rings. The highest BCUT2D eigenvalue weighted by molar-refractivity contribution is 7.00. The molecule has 2 aliphatic heterocycles. The normalized spacial score (nSPS) is 13.3. The molecule has 5 nitrogen and oxygen atoms in total. The van der Waals surface area contributed by atoms with Crippen molar-refractivity contribution in [2.75, 3.05) is 9.80 Å². The van der Waals surface area contributed by atoms with Crippen molar-refractivity contribution in [2.24, 2.45) is 0 Å². The Morgan fingerprint density at radius 2 is 0.902 bits per heavy atom. The van der Waals surface area contributed by atoms with Crippen LogP contribution in [0, 0.1) is 13.8 Å². The fraction of sp³-hybridized carbons (Fsp3) is 0.132. The van der Waals surface area contributed by atoms with E-state index in [2.05, 4.69) is 282 Å². The molecule has 0 fully saturated rings. The molecule has 0 spiro atoms. The molecule has 0 aliphatic carbocycles. The Bertz CT molecular complexity index is 4960. The number of aromatic nitrogens is 1. The van der Waals surface area contributed by atoms with Gasteiger partial charge < -0.3 is 23.2 Å². The third-order valence-corrected chi connectivity index (χ3v) is 17.9. The van der Waals surface area contributed by atoms with Crippen molar-refractivity contribution in [1.29, 1.82) is 0 Å². The van der Waals surface area contributed by atoms with Gasteiger partial charge in [-0.2, -0.15) is 0 Å². The van der Waals surface area contributed by atoms with Crippen molar-refractivity contribution in [3.8, 4) is 27.9 Å². The molecule has 0 bridgehead atoms. The molecule has 3 aromatic heterocycles. The summed E-state index contributed by atoms with van der Waals surface area (Å²) in [6.07, 6.45) is 0. The summed E-state index contributed by atoms with van der Waals surface area (Å²) in [7, 11) is 0. The van der Waals surface area contributed by atoms with Crippen LogP contribution in [0.3, 0.4) is 0 Å². The largest absolute Gasteiger partial charge is 0.455 e. The summed E-state index contributed by atoms with van der Waals surface area (Å²) >= 11 is 0. The first-order valence-corrected chi connectivity index (χ1v) is 28.8. The minimum absolute atomic E-state index is 0.0932. The summed E-state index contributed by atoms with van der Waals surface area (Å²) in [5.74, 6) is 0. The summed E-state index contributed by atoms with van der Waals surface area (Å²) in [6.45, 7) is 18.6. The van der Waals surface area contributed by atoms with E-state index in [9.17, 15) is 0 Å². The molecule has 0 saturated carbocycles. The topological polar surface area (TPSA) is 37.7 Å². The maximum absolute atomic E-state index is 6.70. The maximum Gasteiger partial charge on any atom is 0.252 e. The second kappa shape index (κ2) is 17.5. The van der Waals surface area contributed by atoms with Crippen LogP contribution in [0.5, 0.6) is 0 Å². The van der Waals surface area contributed by atoms with Crippen molar-refractivity contribution in [3.63, 3.8) is 0 Å². The van der Waals surface area contributed by atoms with Crippen molar-refractivity contribution in [1.82, 2.24) is 4.57 Å². The van der Waals surface area contributed by atoms with Crippen LogP contribution in [-0.2, 0) is 10.8 Å². The van der Waals surface area contributed by atoms with Gasteiger partial charge in [-0.05, 0) is 153 Å². The van der Waals surface area contributed by atoms with Gasteiger partial charge >= 0.3 is 0 Å². The number of benzene rings is 11. The van der Waals surface area contributed by atoms with Gasteiger partial charge in [-0.25, -0.2) is 0 Å². The highest BCUT2D eigenvalue weighted by Gasteiger charge is 2.45. The molecule has 394 valence electrons. The predicted molar refractivity (Wildman–Crippen MR) is 347 cm³/mol. The lowest BCUT2D eigenvalue weighted by atomic mass is 9.33. The summed E-state index contributed by atoms with van der Waals surface area (Å²) in [5.41, 5.74) is 27.1. The second-order valence-electron chi connectivity index (χ2n) is 25.0. The molecule has 14 aromatic rings. The van der Waals surface area contributed by atoms with Crippen LogP contribution in [0.4, 0.5) is 34.1 Å². The first-order valence-electron chi connectivity index (χ1n) is 28.8. The Labute approximate surface area is 478 Å². The van der Waals surface area contributed by atoms with Crippen molar-refractivity contribution < 1.29 is 8.83 Å². The average Bonchev–Trinajstić information content (AvgIpc) is 4.30. The monoisotopic (exact) mass is 1060 g/mol. The lowest BCUT2D eigenvalue weighted by Crippen LogP contribution is -2.61. The van der Waals surface area contributed by atoms with E-state index >= 15 is 0 Å². The van der Waals surface area contributed by atoms with E-state index in [0.29, 0.717) is 0 Å². The van der Waals surface area contributed by atoms with Gasteiger partial charge in [-0.3, -0.25) is 0 Å². The molecule has 5 heterocycles. The predicted octanol–water partition coefficient (Wildman–Crippen LogP) is 19.2. The number of hydrogen-bond acceptors (Lipinski definition) is 4. The van der Waals surface area contributed by atoms with Gasteiger partial charge in [0.05, 0.1) is 16.7 Å². The summed E-state index contributed by atoms with van der Waals surface area (Å²) in [6, 6.07) is 81.1. The lowest BCUT2D eigenvalue weighted by molar-refractivity contribution is 0.590. The van der Waals surface area contributed by atoms with Crippen molar-refractivity contribution in [3.05, 3.63) is 241 Å². The Balaban J connectivity index is 0.979. The summed E-state index contributed by atoms with van der Waals surface area (Å²) < 4.78 is 15.8. The number of para-hydroxylation sites is 6. The average molecular weight is 1060 g/mol. The van der Waals surface area contributed by atoms with E-state index in [1.165, 1.54) is 88.9 Å². The minimum atomic E-state index is -0.204. The van der Waals surface area contributed by atoms with Gasteiger partial charge in [0.1, 0.15) is 22.3 Å². The zero-order valence-corrected chi connectivity index (χ0v) is 47.5. The molecular weight excluding hydrogens is 998 g/mol. The molecule has 0 atom stereocenters. The first-order chi connectivity index (χ1) is 39.8. The van der Waals surface area contributed by atoms with Gasteiger partial charge in [0.15, 0.2) is 0 Å². The van der Waals surface area contributed by atoms with Crippen LogP contribution in [0.25, 0.3) is 93.6 Å². The minimum Gasteiger partial charge on any atom is -0.455 e. The van der Waals surface area contributed by atoms with Crippen LogP contribution < -0.4 is 26.2 Å². The fourth-order valence-electron chi connectivity index (χ4n) is 13.9. The van der Waals surface area contributed by atoms with Crippen LogP contribution >= 0.6 is 0 Å². The number of furan rings is 2. The Kier molecular flexibility index (Phi) is 10.3. The van der Waals surface area contributed by atoms with Crippen LogP contribution in [-0.4, -0.2) is 11.3 Å². The number of anilines is 6. The number of rotatable bonds is 5. The molecule has 6 heteroatoms. The van der Waals surface area contributed by atoms with Gasteiger partial charge in [-0.1, -0.05) is 181 Å². The highest BCUT2D eigenvalue weighted by Crippen LogP contribution is 2.51. The third-order valence-electron chi connectivity index (χ3n) is 17.9. The zero-order chi connectivity index (χ0) is 55.5. The van der Waals surface area contributed by atoms with E-state index in [1.807, 2.05) is 6.07 Å². The molecule has 0 unspecified atom stereocenters. The smallest absolute Gasteiger partial charge is 0.252 e. The van der Waals surface area contributed by atoms with Crippen molar-refractivity contribution in [2.45, 2.75) is 66.2 Å². The Morgan fingerprint density at radius 1 is 0.366 bits per heavy atom. The van der Waals surface area contributed by atoms with Gasteiger partial charge in [0, 0.05) is 77.6 Å². The van der Waals surface area contributed by atoms with Gasteiger partial charge in [0.25, 0.3) is 6.71 Å². The Morgan fingerprint density at radius 3 is 1.54 bits per heavy atom. The molecule has 11 aromatic carbocycles. The van der Waals surface area contributed by atoms with Gasteiger partial charge in [-0.15, -0.1) is 0 Å². The summed E-state index contributed by atoms with van der Waals surface area (Å²) in [5, 5.41) is 7.00. The molecule has 0 radical (unpaired) electrons. The number of hydrogen-bond donors (Lipinski definition) is 0. The lowest BCUT2D eigenvalue weighted by Gasteiger charge is -2.46.